The average molecular weight is 235 g/mol. The topological polar surface area (TPSA) is 45.2 Å². The summed E-state index contributed by atoms with van der Waals surface area (Å²) < 4.78 is 0. The van der Waals surface area contributed by atoms with Crippen LogP contribution in [0.3, 0.4) is 0 Å². The Morgan fingerprint density at radius 2 is 2.18 bits per heavy atom. The maximum Gasteiger partial charge on any atom is 0.239 e. The molecule has 17 heavy (non-hydrogen) atoms. The van der Waals surface area contributed by atoms with Gasteiger partial charge in [-0.2, -0.15) is 0 Å². The molecule has 1 unspecified atom stereocenters. The third-order valence-electron chi connectivity index (χ3n) is 2.78. The van der Waals surface area contributed by atoms with Gasteiger partial charge in [-0.1, -0.05) is 6.07 Å². The molecular formula is C13H21N3O. The van der Waals surface area contributed by atoms with Gasteiger partial charge in [-0.05, 0) is 32.4 Å². The first-order valence-corrected chi connectivity index (χ1v) is 6.10. The molecule has 1 atom stereocenters. The molecule has 4 heteroatoms. The minimum absolute atomic E-state index is 0.152. The Kier molecular flexibility index (Phi) is 5.63. The lowest BCUT2D eigenvalue weighted by atomic mass is 10.2. The van der Waals surface area contributed by atoms with Crippen molar-refractivity contribution >= 4 is 5.91 Å². The second-order valence-electron chi connectivity index (χ2n) is 3.97. The highest BCUT2D eigenvalue weighted by Crippen LogP contribution is 1.99. The van der Waals surface area contributed by atoms with Crippen molar-refractivity contribution in [3.63, 3.8) is 0 Å². The van der Waals surface area contributed by atoms with Gasteiger partial charge in [0, 0.05) is 32.0 Å². The summed E-state index contributed by atoms with van der Waals surface area (Å²) in [6, 6.07) is 3.73. The van der Waals surface area contributed by atoms with E-state index in [0.29, 0.717) is 6.54 Å². The van der Waals surface area contributed by atoms with Crippen molar-refractivity contribution in [1.82, 2.24) is 15.2 Å². The SMILES string of the molecule is CCN(CC)C(=O)C(C)NCc1cccnc1. The second-order valence-corrected chi connectivity index (χ2v) is 3.97. The second kappa shape index (κ2) is 7.01. The number of rotatable bonds is 6. The molecule has 4 nitrogen and oxygen atoms in total. The first-order valence-electron chi connectivity index (χ1n) is 6.10. The summed E-state index contributed by atoms with van der Waals surface area (Å²) in [7, 11) is 0. The summed E-state index contributed by atoms with van der Waals surface area (Å²) in [6.45, 7) is 8.08. The summed E-state index contributed by atoms with van der Waals surface area (Å²) >= 11 is 0. The highest BCUT2D eigenvalue weighted by Gasteiger charge is 2.17. The largest absolute Gasteiger partial charge is 0.342 e. The summed E-state index contributed by atoms with van der Waals surface area (Å²) in [5, 5.41) is 3.22. The number of aromatic nitrogens is 1. The van der Waals surface area contributed by atoms with Crippen molar-refractivity contribution < 1.29 is 4.79 Å². The smallest absolute Gasteiger partial charge is 0.239 e. The molecule has 0 fully saturated rings. The van der Waals surface area contributed by atoms with E-state index in [9.17, 15) is 4.79 Å². The van der Waals surface area contributed by atoms with Gasteiger partial charge in [-0.15, -0.1) is 0 Å². The lowest BCUT2D eigenvalue weighted by molar-refractivity contribution is -0.132. The van der Waals surface area contributed by atoms with Gasteiger partial charge in [0.05, 0.1) is 6.04 Å². The summed E-state index contributed by atoms with van der Waals surface area (Å²) in [5.74, 6) is 0.152. The van der Waals surface area contributed by atoms with Crippen molar-refractivity contribution in [2.75, 3.05) is 13.1 Å². The van der Waals surface area contributed by atoms with E-state index in [4.69, 9.17) is 0 Å². The number of pyridine rings is 1. The van der Waals surface area contributed by atoms with E-state index in [1.807, 2.05) is 44.0 Å². The number of hydrogen-bond donors (Lipinski definition) is 1. The lowest BCUT2D eigenvalue weighted by Gasteiger charge is -2.23. The molecule has 1 rings (SSSR count). The maximum atomic E-state index is 12.0. The monoisotopic (exact) mass is 235 g/mol. The van der Waals surface area contributed by atoms with Crippen molar-refractivity contribution in [2.24, 2.45) is 0 Å². The van der Waals surface area contributed by atoms with Crippen LogP contribution in [0, 0.1) is 0 Å². The van der Waals surface area contributed by atoms with Gasteiger partial charge in [-0.3, -0.25) is 9.78 Å². The van der Waals surface area contributed by atoms with Gasteiger partial charge in [0.25, 0.3) is 0 Å². The number of likely N-dealkylation sites (N-methyl/N-ethyl adjacent to an activating group) is 1. The van der Waals surface area contributed by atoms with Crippen molar-refractivity contribution in [1.29, 1.82) is 0 Å². The zero-order valence-electron chi connectivity index (χ0n) is 10.8. The number of amides is 1. The van der Waals surface area contributed by atoms with Gasteiger partial charge in [0.1, 0.15) is 0 Å². The Bertz CT molecular complexity index is 336. The Morgan fingerprint density at radius 3 is 2.71 bits per heavy atom. The van der Waals surface area contributed by atoms with Crippen LogP contribution in [-0.4, -0.2) is 34.9 Å². The number of hydrogen-bond acceptors (Lipinski definition) is 3. The van der Waals surface area contributed by atoms with Crippen LogP contribution in [0.2, 0.25) is 0 Å². The average Bonchev–Trinajstić information content (AvgIpc) is 2.38. The van der Waals surface area contributed by atoms with Crippen LogP contribution in [0.15, 0.2) is 24.5 Å². The predicted molar refractivity (Wildman–Crippen MR) is 68.5 cm³/mol. The Hall–Kier alpha value is -1.42. The van der Waals surface area contributed by atoms with E-state index in [1.165, 1.54) is 0 Å². The molecule has 0 saturated heterocycles. The fourth-order valence-corrected chi connectivity index (χ4v) is 1.67. The van der Waals surface area contributed by atoms with E-state index in [0.717, 1.165) is 18.7 Å². The molecule has 0 saturated carbocycles. The number of carbonyl (C=O) groups is 1. The fourth-order valence-electron chi connectivity index (χ4n) is 1.67. The molecule has 0 aliphatic rings. The summed E-state index contributed by atoms with van der Waals surface area (Å²) in [6.07, 6.45) is 3.55. The predicted octanol–water partition coefficient (Wildman–Crippen LogP) is 1.43. The fraction of sp³-hybridized carbons (Fsp3) is 0.538. The Balaban J connectivity index is 2.44. The van der Waals surface area contributed by atoms with Crippen molar-refractivity contribution in [3.05, 3.63) is 30.1 Å². The molecule has 0 bridgehead atoms. The van der Waals surface area contributed by atoms with Gasteiger partial charge in [0.2, 0.25) is 5.91 Å². The van der Waals surface area contributed by atoms with Crippen molar-refractivity contribution in [3.8, 4) is 0 Å². The number of nitrogens with zero attached hydrogens (tertiary/aromatic N) is 2. The van der Waals surface area contributed by atoms with Gasteiger partial charge in [-0.25, -0.2) is 0 Å². The van der Waals surface area contributed by atoms with E-state index in [2.05, 4.69) is 10.3 Å². The third kappa shape index (κ3) is 4.15. The highest BCUT2D eigenvalue weighted by molar-refractivity contribution is 5.81. The summed E-state index contributed by atoms with van der Waals surface area (Å²) in [4.78, 5) is 17.8. The lowest BCUT2D eigenvalue weighted by Crippen LogP contribution is -2.44. The van der Waals surface area contributed by atoms with E-state index in [-0.39, 0.29) is 11.9 Å². The van der Waals surface area contributed by atoms with E-state index < -0.39 is 0 Å². The quantitative estimate of drug-likeness (QED) is 0.811. The molecular weight excluding hydrogens is 214 g/mol. The van der Waals surface area contributed by atoms with E-state index >= 15 is 0 Å². The van der Waals surface area contributed by atoms with Gasteiger partial charge >= 0.3 is 0 Å². The number of nitrogens with one attached hydrogen (secondary N) is 1. The molecule has 1 amide bonds. The van der Waals surface area contributed by atoms with Crippen LogP contribution in [0.1, 0.15) is 26.3 Å². The standard InChI is InChI=1S/C13H21N3O/c1-4-16(5-2)13(17)11(3)15-10-12-7-6-8-14-9-12/h6-9,11,15H,4-5,10H2,1-3H3. The molecule has 0 radical (unpaired) electrons. The van der Waals surface area contributed by atoms with Gasteiger partial charge < -0.3 is 10.2 Å². The highest BCUT2D eigenvalue weighted by atomic mass is 16.2. The Morgan fingerprint density at radius 1 is 1.47 bits per heavy atom. The van der Waals surface area contributed by atoms with Crippen LogP contribution in [0.4, 0.5) is 0 Å². The zero-order chi connectivity index (χ0) is 12.7. The molecule has 0 spiro atoms. The van der Waals surface area contributed by atoms with Crippen LogP contribution in [0.25, 0.3) is 0 Å². The minimum Gasteiger partial charge on any atom is -0.342 e. The van der Waals surface area contributed by atoms with Gasteiger partial charge in [0.15, 0.2) is 0 Å². The molecule has 1 heterocycles. The normalized spacial score (nSPS) is 12.2. The van der Waals surface area contributed by atoms with Crippen LogP contribution in [0.5, 0.6) is 0 Å². The first-order chi connectivity index (χ1) is 8.19. The maximum absolute atomic E-state index is 12.0. The molecule has 0 aromatic carbocycles. The molecule has 94 valence electrons. The molecule has 1 aromatic rings. The summed E-state index contributed by atoms with van der Waals surface area (Å²) in [5.41, 5.74) is 1.09. The molecule has 0 aliphatic carbocycles. The minimum atomic E-state index is -0.157. The zero-order valence-corrected chi connectivity index (χ0v) is 10.8. The molecule has 1 N–H and O–H groups in total. The Labute approximate surface area is 103 Å². The third-order valence-corrected chi connectivity index (χ3v) is 2.78. The van der Waals surface area contributed by atoms with Crippen LogP contribution >= 0.6 is 0 Å². The van der Waals surface area contributed by atoms with Crippen LogP contribution in [-0.2, 0) is 11.3 Å². The van der Waals surface area contributed by atoms with Crippen molar-refractivity contribution in [2.45, 2.75) is 33.4 Å². The number of carbonyl (C=O) groups excluding carboxylic acids is 1. The van der Waals surface area contributed by atoms with E-state index in [1.54, 1.807) is 6.20 Å². The van der Waals surface area contributed by atoms with Crippen LogP contribution < -0.4 is 5.32 Å². The first kappa shape index (κ1) is 13.6. The molecule has 0 aliphatic heterocycles. The molecule has 1 aromatic heterocycles.